The van der Waals surface area contributed by atoms with Gasteiger partial charge < -0.3 is 9.66 Å². The van der Waals surface area contributed by atoms with Crippen molar-refractivity contribution in [1.29, 1.82) is 0 Å². The standard InChI is InChI=1S/C19H18N2O3S2/c1-13-5-7-16(8-6-13)26(24)21-17(12-18(22)23)14-3-2-4-15(11-14)19-20-9-10-25-19/h2-11,17,21H,12H2,1H3,(H,22,23). The van der Waals surface area contributed by atoms with E-state index in [0.717, 1.165) is 21.7 Å². The van der Waals surface area contributed by atoms with Crippen LogP contribution in [0.15, 0.2) is 65.0 Å². The first-order chi connectivity index (χ1) is 12.5. The first kappa shape index (κ1) is 18.6. The van der Waals surface area contributed by atoms with Crippen molar-refractivity contribution in [1.82, 2.24) is 9.71 Å². The summed E-state index contributed by atoms with van der Waals surface area (Å²) >= 11 is 0.00627. The highest BCUT2D eigenvalue weighted by atomic mass is 32.2. The molecule has 5 nitrogen and oxygen atoms in total. The molecule has 3 aromatic rings. The number of carboxylic acid groups (broad SMARTS) is 1. The Kier molecular flexibility index (Phi) is 6.05. The van der Waals surface area contributed by atoms with Crippen LogP contribution in [0.1, 0.15) is 23.6 Å². The minimum atomic E-state index is -1.51. The maximum absolute atomic E-state index is 12.6. The predicted molar refractivity (Wildman–Crippen MR) is 103 cm³/mol. The lowest BCUT2D eigenvalue weighted by molar-refractivity contribution is -0.137. The van der Waals surface area contributed by atoms with Gasteiger partial charge in [0.1, 0.15) is 5.01 Å². The maximum atomic E-state index is 12.6. The van der Waals surface area contributed by atoms with Gasteiger partial charge in [-0.25, -0.2) is 4.98 Å². The molecular weight excluding hydrogens is 368 g/mol. The maximum Gasteiger partial charge on any atom is 0.305 e. The lowest BCUT2D eigenvalue weighted by Gasteiger charge is -2.19. The van der Waals surface area contributed by atoms with Gasteiger partial charge >= 0.3 is 5.97 Å². The molecule has 1 aromatic heterocycles. The Bertz CT molecular complexity index is 867. The molecule has 134 valence electrons. The SMILES string of the molecule is Cc1ccc([S+]([O-])NC(CC(=O)O)c2cccc(-c3nccs3)c2)cc1. The molecule has 0 fully saturated rings. The zero-order valence-electron chi connectivity index (χ0n) is 14.1. The third-order valence-electron chi connectivity index (χ3n) is 3.83. The fourth-order valence-corrected chi connectivity index (χ4v) is 4.15. The molecule has 3 rings (SSSR count). The first-order valence-electron chi connectivity index (χ1n) is 7.99. The molecule has 0 aliphatic heterocycles. The second-order valence-corrected chi connectivity index (χ2v) is 7.95. The fraction of sp³-hybridized carbons (Fsp3) is 0.158. The van der Waals surface area contributed by atoms with E-state index in [1.165, 1.54) is 11.3 Å². The van der Waals surface area contributed by atoms with Crippen LogP contribution in [0.3, 0.4) is 0 Å². The van der Waals surface area contributed by atoms with Crippen LogP contribution in [-0.2, 0) is 16.2 Å². The van der Waals surface area contributed by atoms with Crippen molar-refractivity contribution in [3.05, 3.63) is 71.2 Å². The van der Waals surface area contributed by atoms with E-state index in [9.17, 15) is 14.5 Å². The van der Waals surface area contributed by atoms with Gasteiger partial charge in [-0.1, -0.05) is 35.9 Å². The largest absolute Gasteiger partial charge is 0.593 e. The fourth-order valence-electron chi connectivity index (χ4n) is 2.52. The Labute approximate surface area is 159 Å². The molecule has 0 aliphatic carbocycles. The van der Waals surface area contributed by atoms with Crippen LogP contribution in [0.25, 0.3) is 10.6 Å². The number of benzene rings is 2. The van der Waals surface area contributed by atoms with Gasteiger partial charge in [0.05, 0.1) is 23.8 Å². The summed E-state index contributed by atoms with van der Waals surface area (Å²) in [4.78, 5) is 16.2. The summed E-state index contributed by atoms with van der Waals surface area (Å²) in [5, 5.41) is 12.0. The molecule has 1 heterocycles. The van der Waals surface area contributed by atoms with Crippen LogP contribution in [0.2, 0.25) is 0 Å². The minimum Gasteiger partial charge on any atom is -0.593 e. The van der Waals surface area contributed by atoms with Gasteiger partial charge in [0, 0.05) is 17.1 Å². The Balaban J connectivity index is 1.85. The molecule has 0 saturated heterocycles. The number of hydrogen-bond donors (Lipinski definition) is 2. The summed E-state index contributed by atoms with van der Waals surface area (Å²) in [7, 11) is 0. The number of aromatic nitrogens is 1. The minimum absolute atomic E-state index is 0.168. The van der Waals surface area contributed by atoms with Crippen molar-refractivity contribution in [3.8, 4) is 10.6 Å². The topological polar surface area (TPSA) is 85.3 Å². The number of nitrogens with zero attached hydrogens (tertiary/aromatic N) is 1. The summed E-state index contributed by atoms with van der Waals surface area (Å²) in [6.45, 7) is 1.96. The average Bonchev–Trinajstić information content (AvgIpc) is 3.16. The lowest BCUT2D eigenvalue weighted by atomic mass is 10.0. The number of hydrogen-bond acceptors (Lipinski definition) is 5. The first-order valence-corrected chi connectivity index (χ1v) is 10.0. The van der Waals surface area contributed by atoms with Gasteiger partial charge in [0.25, 0.3) is 0 Å². The highest BCUT2D eigenvalue weighted by Crippen LogP contribution is 2.27. The second-order valence-electron chi connectivity index (χ2n) is 5.81. The number of nitrogens with one attached hydrogen (secondary N) is 1. The van der Waals surface area contributed by atoms with Crippen molar-refractivity contribution in [2.75, 3.05) is 0 Å². The highest BCUT2D eigenvalue weighted by molar-refractivity contribution is 7.89. The van der Waals surface area contributed by atoms with E-state index >= 15 is 0 Å². The quantitative estimate of drug-likeness (QED) is 0.601. The number of carbonyl (C=O) groups is 1. The molecule has 26 heavy (non-hydrogen) atoms. The van der Waals surface area contributed by atoms with Gasteiger partial charge in [-0.3, -0.25) is 4.79 Å². The summed E-state index contributed by atoms with van der Waals surface area (Å²) in [6, 6.07) is 14.3. The van der Waals surface area contributed by atoms with E-state index in [1.807, 2.05) is 48.7 Å². The van der Waals surface area contributed by atoms with E-state index in [1.54, 1.807) is 18.3 Å². The van der Waals surface area contributed by atoms with Crippen LogP contribution >= 0.6 is 11.3 Å². The number of thiazole rings is 1. The predicted octanol–water partition coefficient (Wildman–Crippen LogP) is 3.95. The van der Waals surface area contributed by atoms with Crippen molar-refractivity contribution in [2.45, 2.75) is 24.3 Å². The normalized spacial score (nSPS) is 13.3. The monoisotopic (exact) mass is 386 g/mol. The van der Waals surface area contributed by atoms with Crippen LogP contribution in [0.5, 0.6) is 0 Å². The summed E-state index contributed by atoms with van der Waals surface area (Å²) < 4.78 is 15.6. The molecule has 0 aliphatic rings. The molecule has 0 bridgehead atoms. The zero-order valence-corrected chi connectivity index (χ0v) is 15.7. The summed E-state index contributed by atoms with van der Waals surface area (Å²) in [5.74, 6) is -0.956. The van der Waals surface area contributed by atoms with Crippen LogP contribution < -0.4 is 4.72 Å². The van der Waals surface area contributed by atoms with Crippen LogP contribution in [-0.4, -0.2) is 20.6 Å². The van der Waals surface area contributed by atoms with Gasteiger partial charge in [-0.15, -0.1) is 16.1 Å². The van der Waals surface area contributed by atoms with E-state index in [4.69, 9.17) is 0 Å². The van der Waals surface area contributed by atoms with Crippen molar-refractivity contribution in [3.63, 3.8) is 0 Å². The smallest absolute Gasteiger partial charge is 0.305 e. The number of aliphatic carboxylic acids is 1. The molecule has 2 N–H and O–H groups in total. The van der Waals surface area contributed by atoms with Gasteiger partial charge in [0.15, 0.2) is 4.90 Å². The van der Waals surface area contributed by atoms with E-state index in [-0.39, 0.29) is 6.42 Å². The molecule has 0 saturated carbocycles. The molecule has 2 unspecified atom stereocenters. The van der Waals surface area contributed by atoms with Gasteiger partial charge in [-0.05, 0) is 30.7 Å². The Morgan fingerprint density at radius 1 is 1.31 bits per heavy atom. The van der Waals surface area contributed by atoms with Crippen molar-refractivity contribution < 1.29 is 14.5 Å². The van der Waals surface area contributed by atoms with Crippen LogP contribution in [0.4, 0.5) is 0 Å². The Morgan fingerprint density at radius 3 is 2.73 bits per heavy atom. The third kappa shape index (κ3) is 4.70. The molecule has 0 spiro atoms. The van der Waals surface area contributed by atoms with E-state index in [2.05, 4.69) is 9.71 Å². The number of rotatable bonds is 7. The van der Waals surface area contributed by atoms with Crippen molar-refractivity contribution in [2.24, 2.45) is 0 Å². The second kappa shape index (κ2) is 8.46. The third-order valence-corrected chi connectivity index (χ3v) is 5.85. The molecule has 2 aromatic carbocycles. The molecule has 7 heteroatoms. The molecule has 2 atom stereocenters. The van der Waals surface area contributed by atoms with Gasteiger partial charge in [0.2, 0.25) is 0 Å². The molecule has 0 radical (unpaired) electrons. The van der Waals surface area contributed by atoms with E-state index in [0.29, 0.717) is 4.90 Å². The summed E-state index contributed by atoms with van der Waals surface area (Å²) in [6.07, 6.45) is 1.56. The van der Waals surface area contributed by atoms with E-state index < -0.39 is 23.4 Å². The van der Waals surface area contributed by atoms with Crippen molar-refractivity contribution >= 4 is 28.7 Å². The van der Waals surface area contributed by atoms with Gasteiger partial charge in [-0.2, -0.15) is 0 Å². The molecule has 0 amide bonds. The highest BCUT2D eigenvalue weighted by Gasteiger charge is 2.23. The lowest BCUT2D eigenvalue weighted by Crippen LogP contribution is -2.30. The van der Waals surface area contributed by atoms with Crippen LogP contribution in [0, 0.1) is 6.92 Å². The number of aryl methyl sites for hydroxylation is 1. The Hall–Kier alpha value is -2.19. The summed E-state index contributed by atoms with van der Waals surface area (Å²) in [5.41, 5.74) is 2.75. The average molecular weight is 386 g/mol. The Morgan fingerprint density at radius 2 is 2.08 bits per heavy atom. The number of carboxylic acids is 1. The zero-order chi connectivity index (χ0) is 18.5. The molecular formula is C19H18N2O3S2.